The van der Waals surface area contributed by atoms with Gasteiger partial charge in [0.05, 0.1) is 17.1 Å². The molecule has 8 heteroatoms. The molecule has 4 rings (SSSR count). The van der Waals surface area contributed by atoms with Crippen molar-refractivity contribution in [1.29, 1.82) is 0 Å². The van der Waals surface area contributed by atoms with Crippen LogP contribution in [0.15, 0.2) is 6.07 Å². The molecule has 0 radical (unpaired) electrons. The lowest BCUT2D eigenvalue weighted by atomic mass is 10.1. The standard InChI is InChI=1S/C19H27N5O2S/c1-14-15-12-16(27-19(15)21(2)20-14)18(26)24-10-8-22(9-11-24)13-17(25)23-6-4-3-5-7-23/h12H,3-11,13H2,1-2H3. The summed E-state index contributed by atoms with van der Waals surface area (Å²) in [6.45, 7) is 7.13. The van der Waals surface area contributed by atoms with Gasteiger partial charge in [-0.25, -0.2) is 0 Å². The topological polar surface area (TPSA) is 61.7 Å². The Hall–Kier alpha value is -1.93. The number of hydrogen-bond donors (Lipinski definition) is 0. The van der Waals surface area contributed by atoms with E-state index in [-0.39, 0.29) is 11.8 Å². The Kier molecular flexibility index (Phi) is 5.19. The summed E-state index contributed by atoms with van der Waals surface area (Å²) in [6, 6.07) is 1.97. The summed E-state index contributed by atoms with van der Waals surface area (Å²) in [6.07, 6.45) is 3.48. The zero-order chi connectivity index (χ0) is 19.0. The van der Waals surface area contributed by atoms with Gasteiger partial charge in [-0.2, -0.15) is 5.10 Å². The Morgan fingerprint density at radius 3 is 2.41 bits per heavy atom. The first kappa shape index (κ1) is 18.4. The van der Waals surface area contributed by atoms with Gasteiger partial charge >= 0.3 is 0 Å². The smallest absolute Gasteiger partial charge is 0.264 e. The van der Waals surface area contributed by atoms with Gasteiger partial charge in [-0.3, -0.25) is 19.2 Å². The lowest BCUT2D eigenvalue weighted by Crippen LogP contribution is -2.51. The molecule has 2 aliphatic rings. The Labute approximate surface area is 163 Å². The van der Waals surface area contributed by atoms with E-state index in [0.29, 0.717) is 19.6 Å². The first-order chi connectivity index (χ1) is 13.0. The van der Waals surface area contributed by atoms with E-state index >= 15 is 0 Å². The maximum Gasteiger partial charge on any atom is 0.264 e. The molecule has 0 spiro atoms. The van der Waals surface area contributed by atoms with Crippen LogP contribution in [-0.4, -0.2) is 82.1 Å². The number of thiophene rings is 1. The SMILES string of the molecule is Cc1nn(C)c2sc(C(=O)N3CCN(CC(=O)N4CCCCC4)CC3)cc12. The second-order valence-corrected chi connectivity index (χ2v) is 8.58. The van der Waals surface area contributed by atoms with E-state index in [4.69, 9.17) is 0 Å². The fourth-order valence-electron chi connectivity index (χ4n) is 4.01. The van der Waals surface area contributed by atoms with Crippen LogP contribution in [0.4, 0.5) is 0 Å². The van der Waals surface area contributed by atoms with Crippen molar-refractivity contribution >= 4 is 33.4 Å². The third-order valence-corrected chi connectivity index (χ3v) is 6.82. The maximum absolute atomic E-state index is 12.9. The predicted octanol–water partition coefficient (Wildman–Crippen LogP) is 1.71. The summed E-state index contributed by atoms with van der Waals surface area (Å²) < 4.78 is 1.84. The number of nitrogens with zero attached hydrogens (tertiary/aromatic N) is 5. The van der Waals surface area contributed by atoms with Crippen LogP contribution in [0.1, 0.15) is 34.6 Å². The molecule has 0 N–H and O–H groups in total. The summed E-state index contributed by atoms with van der Waals surface area (Å²) in [5, 5.41) is 5.47. The molecule has 146 valence electrons. The van der Waals surface area contributed by atoms with E-state index in [1.54, 1.807) is 0 Å². The highest BCUT2D eigenvalue weighted by molar-refractivity contribution is 7.20. The zero-order valence-corrected chi connectivity index (χ0v) is 16.9. The van der Waals surface area contributed by atoms with Crippen molar-refractivity contribution in [3.8, 4) is 0 Å². The number of carbonyl (C=O) groups is 2. The molecular formula is C19H27N5O2S. The molecule has 2 aromatic rings. The predicted molar refractivity (Wildman–Crippen MR) is 106 cm³/mol. The quantitative estimate of drug-likeness (QED) is 0.802. The first-order valence-electron chi connectivity index (χ1n) is 9.75. The van der Waals surface area contributed by atoms with Crippen molar-refractivity contribution in [3.05, 3.63) is 16.6 Å². The normalized spacial score (nSPS) is 19.0. The number of carbonyl (C=O) groups excluding carboxylic acids is 2. The van der Waals surface area contributed by atoms with Gasteiger partial charge in [-0.1, -0.05) is 0 Å². The van der Waals surface area contributed by atoms with Crippen molar-refractivity contribution < 1.29 is 9.59 Å². The molecule has 0 saturated carbocycles. The minimum atomic E-state index is 0.0950. The van der Waals surface area contributed by atoms with Gasteiger partial charge in [0.1, 0.15) is 4.83 Å². The van der Waals surface area contributed by atoms with E-state index < -0.39 is 0 Å². The molecule has 0 aliphatic carbocycles. The van der Waals surface area contributed by atoms with Gasteiger partial charge in [0.15, 0.2) is 0 Å². The van der Waals surface area contributed by atoms with E-state index in [0.717, 1.165) is 59.8 Å². The van der Waals surface area contributed by atoms with Crippen LogP contribution in [0.2, 0.25) is 0 Å². The summed E-state index contributed by atoms with van der Waals surface area (Å²) in [5.74, 6) is 0.333. The van der Waals surface area contributed by atoms with Gasteiger partial charge in [-0.05, 0) is 32.3 Å². The third kappa shape index (κ3) is 3.73. The van der Waals surface area contributed by atoms with Crippen LogP contribution in [-0.2, 0) is 11.8 Å². The molecule has 0 unspecified atom stereocenters. The monoisotopic (exact) mass is 389 g/mol. The van der Waals surface area contributed by atoms with Gasteiger partial charge < -0.3 is 9.80 Å². The molecule has 0 atom stereocenters. The average molecular weight is 390 g/mol. The molecule has 7 nitrogen and oxygen atoms in total. The molecule has 0 aromatic carbocycles. The van der Waals surface area contributed by atoms with E-state index in [2.05, 4.69) is 10.00 Å². The average Bonchev–Trinajstić information content (AvgIpc) is 3.24. The van der Waals surface area contributed by atoms with Gasteiger partial charge in [-0.15, -0.1) is 11.3 Å². The van der Waals surface area contributed by atoms with E-state index in [9.17, 15) is 9.59 Å². The number of likely N-dealkylation sites (tertiary alicyclic amines) is 1. The largest absolute Gasteiger partial charge is 0.342 e. The number of amides is 2. The van der Waals surface area contributed by atoms with Crippen LogP contribution >= 0.6 is 11.3 Å². The minimum Gasteiger partial charge on any atom is -0.342 e. The Morgan fingerprint density at radius 1 is 1.04 bits per heavy atom. The molecule has 2 aliphatic heterocycles. The van der Waals surface area contributed by atoms with Crippen molar-refractivity contribution in [2.24, 2.45) is 7.05 Å². The molecule has 27 heavy (non-hydrogen) atoms. The summed E-state index contributed by atoms with van der Waals surface area (Å²) in [7, 11) is 1.91. The van der Waals surface area contributed by atoms with E-state index in [1.165, 1.54) is 17.8 Å². The maximum atomic E-state index is 12.9. The first-order valence-corrected chi connectivity index (χ1v) is 10.6. The zero-order valence-electron chi connectivity index (χ0n) is 16.1. The number of aryl methyl sites for hydroxylation is 2. The fourth-order valence-corrected chi connectivity index (χ4v) is 5.10. The molecule has 2 fully saturated rings. The number of rotatable bonds is 3. The summed E-state index contributed by atoms with van der Waals surface area (Å²) in [4.78, 5) is 33.2. The lowest BCUT2D eigenvalue weighted by molar-refractivity contribution is -0.133. The van der Waals surface area contributed by atoms with Gasteiger partial charge in [0, 0.05) is 51.7 Å². The van der Waals surface area contributed by atoms with Gasteiger partial charge in [0.25, 0.3) is 5.91 Å². The molecular weight excluding hydrogens is 362 g/mol. The Bertz CT molecular complexity index is 809. The minimum absolute atomic E-state index is 0.0950. The van der Waals surface area contributed by atoms with Crippen LogP contribution in [0.5, 0.6) is 0 Å². The molecule has 2 aromatic heterocycles. The second-order valence-electron chi connectivity index (χ2n) is 7.55. The number of hydrogen-bond acceptors (Lipinski definition) is 5. The van der Waals surface area contributed by atoms with Crippen LogP contribution in [0.3, 0.4) is 0 Å². The van der Waals surface area contributed by atoms with Crippen molar-refractivity contribution in [1.82, 2.24) is 24.5 Å². The number of piperidine rings is 1. The highest BCUT2D eigenvalue weighted by Crippen LogP contribution is 2.28. The van der Waals surface area contributed by atoms with E-state index in [1.807, 2.05) is 34.5 Å². The number of piperazine rings is 1. The Morgan fingerprint density at radius 2 is 1.74 bits per heavy atom. The summed E-state index contributed by atoms with van der Waals surface area (Å²) >= 11 is 1.51. The highest BCUT2D eigenvalue weighted by Gasteiger charge is 2.26. The van der Waals surface area contributed by atoms with Crippen molar-refractivity contribution in [2.75, 3.05) is 45.8 Å². The molecule has 4 heterocycles. The molecule has 2 saturated heterocycles. The fraction of sp³-hybridized carbons (Fsp3) is 0.632. The number of aromatic nitrogens is 2. The van der Waals surface area contributed by atoms with Crippen molar-refractivity contribution in [2.45, 2.75) is 26.2 Å². The Balaban J connectivity index is 1.33. The van der Waals surface area contributed by atoms with Gasteiger partial charge in [0.2, 0.25) is 5.91 Å². The third-order valence-electron chi connectivity index (χ3n) is 5.63. The highest BCUT2D eigenvalue weighted by atomic mass is 32.1. The van der Waals surface area contributed by atoms with Crippen LogP contribution in [0, 0.1) is 6.92 Å². The van der Waals surface area contributed by atoms with Crippen molar-refractivity contribution in [3.63, 3.8) is 0 Å². The molecule has 2 amide bonds. The second kappa shape index (κ2) is 7.59. The number of fused-ring (bicyclic) bond motifs is 1. The van der Waals surface area contributed by atoms with Crippen LogP contribution in [0.25, 0.3) is 10.2 Å². The summed E-state index contributed by atoms with van der Waals surface area (Å²) in [5.41, 5.74) is 0.962. The molecule has 0 bridgehead atoms. The van der Waals surface area contributed by atoms with Crippen LogP contribution < -0.4 is 0 Å². The lowest BCUT2D eigenvalue weighted by Gasteiger charge is -2.35.